The molecule has 1 aliphatic rings. The van der Waals surface area contributed by atoms with Crippen molar-refractivity contribution < 1.29 is 27.4 Å². The highest BCUT2D eigenvalue weighted by Gasteiger charge is 2.32. The average molecular weight is 565 g/mol. The monoisotopic (exact) mass is 564 g/mol. The minimum absolute atomic E-state index is 0.00605. The molecule has 2 aromatic carbocycles. The Bertz CT molecular complexity index is 1630. The number of hydrogen-bond donors (Lipinski definition) is 0. The maximum Gasteiger partial charge on any atom is 0.573 e. The molecule has 9 nitrogen and oxygen atoms in total. The van der Waals surface area contributed by atoms with E-state index in [9.17, 15) is 22.8 Å². The number of aryl methyl sites for hydroxylation is 1. The second-order valence-electron chi connectivity index (χ2n) is 9.25. The Morgan fingerprint density at radius 3 is 2.46 bits per heavy atom. The van der Waals surface area contributed by atoms with Crippen LogP contribution >= 0.6 is 11.6 Å². The lowest BCUT2D eigenvalue weighted by Gasteiger charge is -2.16. The molecule has 0 spiro atoms. The zero-order valence-corrected chi connectivity index (χ0v) is 21.7. The summed E-state index contributed by atoms with van der Waals surface area (Å²) in [4.78, 5) is 31.6. The molecule has 0 amide bonds. The Morgan fingerprint density at radius 1 is 1.08 bits per heavy atom. The lowest BCUT2D eigenvalue weighted by atomic mass is 10.2. The summed E-state index contributed by atoms with van der Waals surface area (Å²) in [6, 6.07) is 11.4. The standard InChI is InChI=1S/C26H24ClF3N4O5/c1-32-22-21(23(35)34(25(32)36)17-10-11-18(12-17)37-2)33(14-15-6-8-16(27)9-7-15)24(31-22)38-19-4-3-5-20(13-19)39-26(28,29)30/h3-9,13,17-18H,10-12,14H2,1-2H3. The van der Waals surface area contributed by atoms with Gasteiger partial charge in [-0.05, 0) is 49.1 Å². The third-order valence-electron chi connectivity index (χ3n) is 6.70. The van der Waals surface area contributed by atoms with Crippen LogP contribution in [0.25, 0.3) is 11.2 Å². The van der Waals surface area contributed by atoms with E-state index in [-0.39, 0.29) is 41.6 Å². The van der Waals surface area contributed by atoms with Crippen LogP contribution in [0.4, 0.5) is 13.2 Å². The minimum atomic E-state index is -4.88. The molecule has 1 saturated carbocycles. The molecular weight excluding hydrogens is 541 g/mol. The number of nitrogens with zero attached hydrogens (tertiary/aromatic N) is 4. The van der Waals surface area contributed by atoms with Gasteiger partial charge in [-0.15, -0.1) is 13.2 Å². The number of methoxy groups -OCH3 is 1. The van der Waals surface area contributed by atoms with E-state index in [1.54, 1.807) is 31.4 Å². The van der Waals surface area contributed by atoms with Gasteiger partial charge in [-0.1, -0.05) is 29.8 Å². The third-order valence-corrected chi connectivity index (χ3v) is 6.96. The lowest BCUT2D eigenvalue weighted by molar-refractivity contribution is -0.274. The van der Waals surface area contributed by atoms with Crippen LogP contribution in [0.5, 0.6) is 17.5 Å². The lowest BCUT2D eigenvalue weighted by Crippen LogP contribution is -2.41. The summed E-state index contributed by atoms with van der Waals surface area (Å²) in [5, 5.41) is 0.519. The van der Waals surface area contributed by atoms with Crippen molar-refractivity contribution in [2.24, 2.45) is 7.05 Å². The first-order chi connectivity index (χ1) is 18.5. The van der Waals surface area contributed by atoms with Gasteiger partial charge in [-0.25, -0.2) is 4.79 Å². The number of rotatable bonds is 7. The second kappa shape index (κ2) is 10.4. The van der Waals surface area contributed by atoms with Crippen molar-refractivity contribution in [2.45, 2.75) is 44.3 Å². The molecule has 5 rings (SSSR count). The molecule has 4 aromatic rings. The second-order valence-corrected chi connectivity index (χ2v) is 9.68. The summed E-state index contributed by atoms with van der Waals surface area (Å²) in [5.74, 6) is -0.488. The summed E-state index contributed by atoms with van der Waals surface area (Å²) in [5.41, 5.74) is -0.129. The van der Waals surface area contributed by atoms with Gasteiger partial charge in [0.05, 0.1) is 12.6 Å². The molecule has 0 N–H and O–H groups in total. The number of aromatic nitrogens is 4. The van der Waals surface area contributed by atoms with Crippen LogP contribution in [0.2, 0.25) is 5.02 Å². The number of halogens is 4. The third kappa shape index (κ3) is 5.52. The van der Waals surface area contributed by atoms with Crippen molar-refractivity contribution in [2.75, 3.05) is 7.11 Å². The molecule has 0 saturated heterocycles. The predicted octanol–water partition coefficient (Wildman–Crippen LogP) is 5.03. The van der Waals surface area contributed by atoms with Crippen molar-refractivity contribution in [3.63, 3.8) is 0 Å². The number of alkyl halides is 3. The van der Waals surface area contributed by atoms with Gasteiger partial charge in [0.15, 0.2) is 11.2 Å². The van der Waals surface area contributed by atoms with Gasteiger partial charge in [0.2, 0.25) is 0 Å². The molecule has 206 valence electrons. The van der Waals surface area contributed by atoms with Crippen molar-refractivity contribution in [1.82, 2.24) is 18.7 Å². The first kappa shape index (κ1) is 26.8. The summed E-state index contributed by atoms with van der Waals surface area (Å²) in [7, 11) is 3.10. The minimum Gasteiger partial charge on any atom is -0.425 e. The van der Waals surface area contributed by atoms with E-state index in [2.05, 4.69) is 9.72 Å². The van der Waals surface area contributed by atoms with E-state index in [0.717, 1.165) is 17.7 Å². The van der Waals surface area contributed by atoms with Crippen LogP contribution in [0.15, 0.2) is 58.1 Å². The van der Waals surface area contributed by atoms with Gasteiger partial charge in [0.1, 0.15) is 11.5 Å². The summed E-state index contributed by atoms with van der Waals surface area (Å²) in [6.07, 6.45) is -3.13. The number of hydrogen-bond acceptors (Lipinski definition) is 6. The first-order valence-corrected chi connectivity index (χ1v) is 12.4. The van der Waals surface area contributed by atoms with E-state index >= 15 is 0 Å². The van der Waals surface area contributed by atoms with E-state index in [1.807, 2.05) is 0 Å². The van der Waals surface area contributed by atoms with E-state index in [0.29, 0.717) is 24.3 Å². The SMILES string of the molecule is COC1CCC(n2c(=O)c3c(nc(Oc4cccc(OC(F)(F)F)c4)n3Cc3ccc(Cl)cc3)n(C)c2=O)C1. The molecule has 0 bridgehead atoms. The Kier molecular flexibility index (Phi) is 7.17. The fourth-order valence-corrected chi connectivity index (χ4v) is 4.97. The quantitative estimate of drug-likeness (QED) is 0.313. The van der Waals surface area contributed by atoms with E-state index in [4.69, 9.17) is 21.1 Å². The fourth-order valence-electron chi connectivity index (χ4n) is 4.84. The Hall–Kier alpha value is -3.77. The number of fused-ring (bicyclic) bond motifs is 1. The summed E-state index contributed by atoms with van der Waals surface area (Å²) in [6.45, 7) is 0.112. The van der Waals surface area contributed by atoms with Crippen molar-refractivity contribution in [1.29, 1.82) is 0 Å². The molecule has 0 radical (unpaired) electrons. The maximum atomic E-state index is 13.9. The molecule has 1 aliphatic carbocycles. The molecule has 2 atom stereocenters. The molecule has 2 aromatic heterocycles. The average Bonchev–Trinajstić information content (AvgIpc) is 3.49. The largest absolute Gasteiger partial charge is 0.573 e. The maximum absolute atomic E-state index is 13.9. The Labute approximate surface area is 224 Å². The molecule has 0 aliphatic heterocycles. The van der Waals surface area contributed by atoms with Gasteiger partial charge >= 0.3 is 18.1 Å². The molecule has 39 heavy (non-hydrogen) atoms. The highest BCUT2D eigenvalue weighted by atomic mass is 35.5. The normalized spacial score (nSPS) is 17.6. The van der Waals surface area contributed by atoms with Crippen LogP contribution in [-0.2, 0) is 18.3 Å². The molecule has 2 unspecified atom stereocenters. The van der Waals surface area contributed by atoms with Gasteiger partial charge in [-0.3, -0.25) is 18.5 Å². The van der Waals surface area contributed by atoms with Crippen molar-refractivity contribution >= 4 is 22.8 Å². The first-order valence-electron chi connectivity index (χ1n) is 12.1. The Morgan fingerprint density at radius 2 is 1.79 bits per heavy atom. The van der Waals surface area contributed by atoms with Crippen LogP contribution in [0.3, 0.4) is 0 Å². The highest BCUT2D eigenvalue weighted by molar-refractivity contribution is 6.30. The van der Waals surface area contributed by atoms with Crippen LogP contribution in [0.1, 0.15) is 30.9 Å². The molecule has 2 heterocycles. The van der Waals surface area contributed by atoms with Crippen molar-refractivity contribution in [3.8, 4) is 17.5 Å². The van der Waals surface area contributed by atoms with E-state index < -0.39 is 23.4 Å². The highest BCUT2D eigenvalue weighted by Crippen LogP contribution is 2.32. The Balaban J connectivity index is 1.65. The zero-order chi connectivity index (χ0) is 27.9. The van der Waals surface area contributed by atoms with Crippen LogP contribution < -0.4 is 20.7 Å². The molecular formula is C26H24ClF3N4O5. The van der Waals surface area contributed by atoms with Crippen molar-refractivity contribution in [3.05, 3.63) is 80.0 Å². The van der Waals surface area contributed by atoms with Gasteiger partial charge < -0.3 is 14.2 Å². The van der Waals surface area contributed by atoms with Gasteiger partial charge in [0.25, 0.3) is 5.56 Å². The van der Waals surface area contributed by atoms with Gasteiger partial charge in [-0.2, -0.15) is 4.98 Å². The fraction of sp³-hybridized carbons (Fsp3) is 0.346. The van der Waals surface area contributed by atoms with Gasteiger partial charge in [0, 0.05) is 31.3 Å². The van der Waals surface area contributed by atoms with Crippen LogP contribution in [0, 0.1) is 0 Å². The predicted molar refractivity (Wildman–Crippen MR) is 137 cm³/mol. The zero-order valence-electron chi connectivity index (χ0n) is 20.9. The van der Waals surface area contributed by atoms with E-state index in [1.165, 1.54) is 32.9 Å². The smallest absolute Gasteiger partial charge is 0.425 e. The molecule has 1 fully saturated rings. The number of imidazole rings is 1. The topological polar surface area (TPSA) is 89.5 Å². The number of benzene rings is 2. The summed E-state index contributed by atoms with van der Waals surface area (Å²) < 4.78 is 57.5. The number of ether oxygens (including phenoxy) is 3. The van der Waals surface area contributed by atoms with Crippen LogP contribution in [-0.4, -0.2) is 38.3 Å². The molecule has 13 heteroatoms. The summed E-state index contributed by atoms with van der Waals surface area (Å²) >= 11 is 6.03.